The van der Waals surface area contributed by atoms with E-state index in [1.807, 2.05) is 12.3 Å². The molecule has 6 rings (SSSR count). The molecule has 0 spiro atoms. The Morgan fingerprint density at radius 1 is 0.929 bits per heavy atom. The quantitative estimate of drug-likeness (QED) is 0.299. The first kappa shape index (κ1) is 30.6. The molecule has 0 radical (unpaired) electrons. The van der Waals surface area contributed by atoms with Gasteiger partial charge in [0.25, 0.3) is 0 Å². The lowest BCUT2D eigenvalue weighted by atomic mass is 9.89. The van der Waals surface area contributed by atoms with Crippen molar-refractivity contribution in [2.75, 3.05) is 39.0 Å². The normalized spacial score (nSPS) is 20.7. The molecule has 4 N–H and O–H groups in total. The van der Waals surface area contributed by atoms with Crippen molar-refractivity contribution >= 4 is 44.0 Å². The second-order valence-electron chi connectivity index (χ2n) is 10.8. The second-order valence-corrected chi connectivity index (χ2v) is 12.2. The number of halogens is 3. The van der Waals surface area contributed by atoms with Gasteiger partial charge in [-0.3, -0.25) is 14.2 Å². The van der Waals surface area contributed by atoms with Crippen LogP contribution in [0, 0.1) is 11.6 Å². The van der Waals surface area contributed by atoms with E-state index in [1.54, 1.807) is 18.2 Å². The fourth-order valence-electron chi connectivity index (χ4n) is 6.10. The maximum Gasteiger partial charge on any atom is 0.146 e. The summed E-state index contributed by atoms with van der Waals surface area (Å²) in [6.45, 7) is 4.53. The standard InChI is InChI=1S/C29H31BrF2N6.H3NO2S/c1-36-10-12-37(13-11-36)20-4-6-21(7-5-20)38-16-24(27-28(33)34-17-35-29(27)38)18-2-8-22(25(31)14-18)23-9-3-19(30)15-26(23)32;1-4(2)3/h2-3,8-9,14-17,20-21H,4-7,10-13H2,1H3,(H2,33,34,35);1H2,(H,2,3)/p-1. The maximum absolute atomic E-state index is 15.4. The Labute approximate surface area is 254 Å². The van der Waals surface area contributed by atoms with E-state index in [1.165, 1.54) is 18.5 Å². The van der Waals surface area contributed by atoms with E-state index in [4.69, 9.17) is 14.5 Å². The summed E-state index contributed by atoms with van der Waals surface area (Å²) in [5, 5.41) is 4.76. The number of nitrogen functional groups attached to an aromatic ring is 1. The lowest BCUT2D eigenvalue weighted by molar-refractivity contribution is 0.0828. The molecule has 42 heavy (non-hydrogen) atoms. The second kappa shape index (κ2) is 13.2. The Bertz CT molecular complexity index is 1580. The summed E-state index contributed by atoms with van der Waals surface area (Å²) in [5.74, 6) is -0.599. The molecule has 13 heteroatoms. The third kappa shape index (κ3) is 6.71. The number of benzene rings is 2. The SMILES string of the molecule is CN1CCN(C2CCC(n3cc(-c4ccc(-c5ccc(Br)cc5F)c(F)c4)c4c(N)ncnc43)CC2)CC1.NS(=O)[O-]. The van der Waals surface area contributed by atoms with Gasteiger partial charge in [-0.2, -0.15) is 0 Å². The molecule has 2 aromatic carbocycles. The van der Waals surface area contributed by atoms with Crippen LogP contribution in [0.2, 0.25) is 0 Å². The van der Waals surface area contributed by atoms with Crippen LogP contribution in [0.4, 0.5) is 14.6 Å². The molecule has 2 aliphatic rings. The van der Waals surface area contributed by atoms with Crippen LogP contribution in [0.1, 0.15) is 31.7 Å². The molecular weight excluding hydrogens is 628 g/mol. The first-order valence-electron chi connectivity index (χ1n) is 13.7. The molecule has 1 saturated heterocycles. The Balaban J connectivity index is 0.000000830. The van der Waals surface area contributed by atoms with E-state index in [2.05, 4.69) is 52.5 Å². The molecular formula is C29H33BrF2N7O2S-. The molecule has 1 saturated carbocycles. The number of hydrogen-bond acceptors (Lipinski definition) is 7. The van der Waals surface area contributed by atoms with Gasteiger partial charge >= 0.3 is 0 Å². The van der Waals surface area contributed by atoms with Crippen LogP contribution < -0.4 is 10.9 Å². The van der Waals surface area contributed by atoms with Gasteiger partial charge in [0, 0.05) is 76.9 Å². The highest BCUT2D eigenvalue weighted by atomic mass is 79.9. The molecule has 1 atom stereocenters. The van der Waals surface area contributed by atoms with Crippen molar-refractivity contribution in [2.24, 2.45) is 5.14 Å². The summed E-state index contributed by atoms with van der Waals surface area (Å²) in [6, 6.07) is 10.4. The van der Waals surface area contributed by atoms with Crippen LogP contribution in [-0.4, -0.2) is 72.4 Å². The minimum atomic E-state index is -2.36. The van der Waals surface area contributed by atoms with Gasteiger partial charge in [0.15, 0.2) is 0 Å². The molecule has 4 aromatic rings. The van der Waals surface area contributed by atoms with Crippen molar-refractivity contribution in [1.82, 2.24) is 24.3 Å². The van der Waals surface area contributed by atoms with E-state index < -0.39 is 22.9 Å². The van der Waals surface area contributed by atoms with Crippen molar-refractivity contribution in [3.63, 3.8) is 0 Å². The van der Waals surface area contributed by atoms with Crippen LogP contribution in [0.3, 0.4) is 0 Å². The molecule has 224 valence electrons. The van der Waals surface area contributed by atoms with Crippen molar-refractivity contribution in [3.8, 4) is 22.3 Å². The molecule has 1 unspecified atom stereocenters. The summed E-state index contributed by atoms with van der Waals surface area (Å²) in [6.07, 6.45) is 7.94. The predicted molar refractivity (Wildman–Crippen MR) is 164 cm³/mol. The lowest BCUT2D eigenvalue weighted by Gasteiger charge is -2.41. The van der Waals surface area contributed by atoms with E-state index in [0.29, 0.717) is 27.9 Å². The molecule has 9 nitrogen and oxygen atoms in total. The largest absolute Gasteiger partial charge is 0.760 e. The van der Waals surface area contributed by atoms with Gasteiger partial charge in [-0.15, -0.1) is 0 Å². The number of aromatic nitrogens is 3. The number of fused-ring (bicyclic) bond motifs is 1. The Morgan fingerprint density at radius 3 is 2.14 bits per heavy atom. The topological polar surface area (TPSA) is 129 Å². The van der Waals surface area contributed by atoms with Crippen molar-refractivity contribution in [1.29, 1.82) is 0 Å². The highest BCUT2D eigenvalue weighted by Crippen LogP contribution is 2.40. The van der Waals surface area contributed by atoms with Crippen molar-refractivity contribution in [2.45, 2.75) is 37.8 Å². The van der Waals surface area contributed by atoms with Crippen LogP contribution in [0.25, 0.3) is 33.3 Å². The van der Waals surface area contributed by atoms with Crippen molar-refractivity contribution < 1.29 is 17.5 Å². The summed E-state index contributed by atoms with van der Waals surface area (Å²) >= 11 is 0.895. The minimum Gasteiger partial charge on any atom is -0.760 e. The first-order valence-corrected chi connectivity index (χ1v) is 15.7. The van der Waals surface area contributed by atoms with E-state index in [9.17, 15) is 4.39 Å². The average Bonchev–Trinajstić information content (AvgIpc) is 3.35. The number of rotatable bonds is 4. The molecule has 1 aliphatic heterocycles. The van der Waals surface area contributed by atoms with E-state index in [-0.39, 0.29) is 11.1 Å². The lowest BCUT2D eigenvalue weighted by Crippen LogP contribution is -2.49. The molecule has 0 amide bonds. The van der Waals surface area contributed by atoms with Crippen molar-refractivity contribution in [3.05, 3.63) is 65.0 Å². The summed E-state index contributed by atoms with van der Waals surface area (Å²) < 4.78 is 50.3. The third-order valence-corrected chi connectivity index (χ3v) is 8.75. The van der Waals surface area contributed by atoms with Gasteiger partial charge in [-0.25, -0.2) is 18.7 Å². The number of piperazine rings is 1. The van der Waals surface area contributed by atoms with Gasteiger partial charge in [-0.05, 0) is 56.5 Å². The first-order chi connectivity index (χ1) is 20.1. The summed E-state index contributed by atoms with van der Waals surface area (Å²) in [5.41, 5.74) is 9.01. The number of hydrogen-bond donors (Lipinski definition) is 2. The maximum atomic E-state index is 15.4. The minimum absolute atomic E-state index is 0.217. The summed E-state index contributed by atoms with van der Waals surface area (Å²) in [7, 11) is 2.19. The highest BCUT2D eigenvalue weighted by Gasteiger charge is 2.30. The predicted octanol–water partition coefficient (Wildman–Crippen LogP) is 4.86. The number of likely N-dealkylation sites (N-methyl/N-ethyl adjacent to an activating group) is 1. The van der Waals surface area contributed by atoms with Gasteiger partial charge in [0.2, 0.25) is 0 Å². The van der Waals surface area contributed by atoms with Gasteiger partial charge in [-0.1, -0.05) is 34.1 Å². The highest BCUT2D eigenvalue weighted by molar-refractivity contribution is 9.10. The smallest absolute Gasteiger partial charge is 0.146 e. The zero-order valence-corrected chi connectivity index (χ0v) is 25.6. The summed E-state index contributed by atoms with van der Waals surface area (Å²) in [4.78, 5) is 13.9. The molecule has 2 fully saturated rings. The third-order valence-electron chi connectivity index (χ3n) is 8.25. The molecule has 1 aliphatic carbocycles. The van der Waals surface area contributed by atoms with E-state index in [0.717, 1.165) is 68.5 Å². The van der Waals surface area contributed by atoms with Crippen LogP contribution in [0.5, 0.6) is 0 Å². The van der Waals surface area contributed by atoms with Gasteiger partial charge < -0.3 is 19.8 Å². The molecule has 2 aromatic heterocycles. The van der Waals surface area contributed by atoms with Gasteiger partial charge in [0.1, 0.15) is 29.4 Å². The van der Waals surface area contributed by atoms with Crippen LogP contribution in [0.15, 0.2) is 53.4 Å². The zero-order chi connectivity index (χ0) is 30.0. The van der Waals surface area contributed by atoms with Crippen LogP contribution in [-0.2, 0) is 11.3 Å². The van der Waals surface area contributed by atoms with Gasteiger partial charge in [0.05, 0.1) is 5.39 Å². The Hall–Kier alpha value is -2.81. The monoisotopic (exact) mass is 660 g/mol. The fourth-order valence-corrected chi connectivity index (χ4v) is 6.44. The Morgan fingerprint density at radius 2 is 1.52 bits per heavy atom. The number of nitrogens with zero attached hydrogens (tertiary/aromatic N) is 5. The molecule has 0 bridgehead atoms. The average molecular weight is 662 g/mol. The Kier molecular flexibility index (Phi) is 9.65. The van der Waals surface area contributed by atoms with E-state index >= 15 is 4.39 Å². The zero-order valence-electron chi connectivity index (χ0n) is 23.2. The number of nitrogens with two attached hydrogens (primary N) is 2. The fraction of sp³-hybridized carbons (Fsp3) is 0.379. The number of anilines is 1. The van der Waals surface area contributed by atoms with Crippen LogP contribution >= 0.6 is 15.9 Å². The molecule has 3 heterocycles.